The topological polar surface area (TPSA) is 64.7 Å². The molecular weight excluding hydrogens is 256 g/mol. The molecule has 0 aliphatic heterocycles. The van der Waals surface area contributed by atoms with Crippen molar-refractivity contribution < 1.29 is 0 Å². The normalized spacial score (nSPS) is 10.6. The Labute approximate surface area is 115 Å². The van der Waals surface area contributed by atoms with E-state index in [2.05, 4.69) is 27.1 Å². The molecule has 19 heavy (non-hydrogen) atoms. The predicted octanol–water partition coefficient (Wildman–Crippen LogP) is 3.16. The van der Waals surface area contributed by atoms with Gasteiger partial charge in [-0.2, -0.15) is 0 Å². The molecule has 0 bridgehead atoms. The van der Waals surface area contributed by atoms with Crippen LogP contribution in [0.5, 0.6) is 0 Å². The summed E-state index contributed by atoms with van der Waals surface area (Å²) < 4.78 is 0. The summed E-state index contributed by atoms with van der Waals surface area (Å²) in [6.07, 6.45) is 1.67. The van der Waals surface area contributed by atoms with Gasteiger partial charge >= 0.3 is 0 Å². The number of anilines is 1. The van der Waals surface area contributed by atoms with Gasteiger partial charge in [0.25, 0.3) is 0 Å². The number of aryl methyl sites for hydroxylation is 1. The van der Waals surface area contributed by atoms with Crippen LogP contribution in [-0.2, 0) is 0 Å². The fourth-order valence-corrected chi connectivity index (χ4v) is 2.88. The van der Waals surface area contributed by atoms with Gasteiger partial charge in [0, 0.05) is 11.8 Å². The number of nitrogen functional groups attached to an aromatic ring is 1. The lowest BCUT2D eigenvalue weighted by Crippen LogP contribution is -1.94. The van der Waals surface area contributed by atoms with Crippen LogP contribution in [0, 0.1) is 6.92 Å². The summed E-state index contributed by atoms with van der Waals surface area (Å²) >= 11 is 1.62. The first kappa shape index (κ1) is 11.8. The average Bonchev–Trinajstić information content (AvgIpc) is 2.82. The van der Waals surface area contributed by atoms with E-state index in [0.29, 0.717) is 0 Å². The molecule has 94 valence electrons. The number of nitrogens with zero attached hydrogens (tertiary/aromatic N) is 3. The second-order valence-electron chi connectivity index (χ2n) is 4.10. The van der Waals surface area contributed by atoms with Crippen molar-refractivity contribution in [1.82, 2.24) is 15.0 Å². The molecule has 2 N–H and O–H groups in total. The lowest BCUT2D eigenvalue weighted by Gasteiger charge is -1.97. The first-order valence-electron chi connectivity index (χ1n) is 5.86. The van der Waals surface area contributed by atoms with Crippen molar-refractivity contribution in [2.24, 2.45) is 0 Å². The van der Waals surface area contributed by atoms with Crippen LogP contribution in [0.1, 0.15) is 5.69 Å². The van der Waals surface area contributed by atoms with E-state index < -0.39 is 0 Å². The lowest BCUT2D eigenvalue weighted by atomic mass is 10.2. The summed E-state index contributed by atoms with van der Waals surface area (Å²) in [5.41, 5.74) is 8.52. The maximum atomic E-state index is 5.63. The van der Waals surface area contributed by atoms with Crippen molar-refractivity contribution in [3.8, 4) is 21.1 Å². The molecule has 2 aromatic heterocycles. The first-order valence-corrected chi connectivity index (χ1v) is 6.67. The number of thiazole rings is 1. The third kappa shape index (κ3) is 2.32. The van der Waals surface area contributed by atoms with E-state index in [9.17, 15) is 0 Å². The van der Waals surface area contributed by atoms with Crippen molar-refractivity contribution in [1.29, 1.82) is 0 Å². The summed E-state index contributed by atoms with van der Waals surface area (Å²) in [5, 5.41) is 0.991. The van der Waals surface area contributed by atoms with Crippen LogP contribution in [-0.4, -0.2) is 15.0 Å². The van der Waals surface area contributed by atoms with Crippen LogP contribution < -0.4 is 5.73 Å². The molecule has 0 saturated carbocycles. The van der Waals surface area contributed by atoms with Gasteiger partial charge < -0.3 is 5.73 Å². The molecule has 4 nitrogen and oxygen atoms in total. The van der Waals surface area contributed by atoms with Gasteiger partial charge in [-0.1, -0.05) is 30.3 Å². The van der Waals surface area contributed by atoms with Crippen LogP contribution in [0.3, 0.4) is 0 Å². The lowest BCUT2D eigenvalue weighted by molar-refractivity contribution is 1.18. The molecule has 2 heterocycles. The molecule has 0 spiro atoms. The Bertz CT molecular complexity index is 706. The first-order chi connectivity index (χ1) is 9.24. The number of hydrogen-bond acceptors (Lipinski definition) is 5. The van der Waals surface area contributed by atoms with E-state index in [1.807, 2.05) is 31.2 Å². The molecule has 1 aromatic carbocycles. The summed E-state index contributed by atoms with van der Waals surface area (Å²) in [6.45, 7) is 1.98. The number of hydrogen-bond donors (Lipinski definition) is 1. The number of aromatic nitrogens is 3. The minimum atomic E-state index is 0.284. The third-order valence-corrected chi connectivity index (χ3v) is 3.95. The van der Waals surface area contributed by atoms with Crippen molar-refractivity contribution in [3.05, 3.63) is 48.3 Å². The largest absolute Gasteiger partial charge is 0.368 e. The fourth-order valence-electron chi connectivity index (χ4n) is 1.84. The van der Waals surface area contributed by atoms with Crippen molar-refractivity contribution in [2.45, 2.75) is 6.92 Å². The number of nitrogens with two attached hydrogens (primary N) is 1. The van der Waals surface area contributed by atoms with Crippen molar-refractivity contribution in [2.75, 3.05) is 5.73 Å². The van der Waals surface area contributed by atoms with E-state index in [4.69, 9.17) is 5.73 Å². The summed E-state index contributed by atoms with van der Waals surface area (Å²) in [7, 11) is 0. The highest BCUT2D eigenvalue weighted by Gasteiger charge is 2.12. The van der Waals surface area contributed by atoms with Crippen LogP contribution in [0.2, 0.25) is 0 Å². The summed E-state index contributed by atoms with van der Waals surface area (Å²) in [5.74, 6) is 0.284. The fraction of sp³-hybridized carbons (Fsp3) is 0.0714. The highest BCUT2D eigenvalue weighted by atomic mass is 32.1. The van der Waals surface area contributed by atoms with Crippen LogP contribution in [0.25, 0.3) is 21.1 Å². The Balaban J connectivity index is 2.08. The standard InChI is InChI=1S/C14H12N4S/c1-9-12(11-7-8-16-14(15)18-11)19-13(17-9)10-5-3-2-4-6-10/h2-8H,1H3,(H2,15,16,18). The highest BCUT2D eigenvalue weighted by Crippen LogP contribution is 2.34. The van der Waals surface area contributed by atoms with Gasteiger partial charge in [0.15, 0.2) is 0 Å². The Morgan fingerprint density at radius 3 is 2.58 bits per heavy atom. The van der Waals surface area contributed by atoms with Crippen molar-refractivity contribution >= 4 is 17.3 Å². The van der Waals surface area contributed by atoms with E-state index in [1.165, 1.54) is 0 Å². The monoisotopic (exact) mass is 268 g/mol. The summed E-state index contributed by atoms with van der Waals surface area (Å²) in [6, 6.07) is 12.0. The number of rotatable bonds is 2. The van der Waals surface area contributed by atoms with Crippen LogP contribution in [0.4, 0.5) is 5.95 Å². The minimum absolute atomic E-state index is 0.284. The molecule has 0 atom stereocenters. The Kier molecular flexibility index (Phi) is 2.97. The Morgan fingerprint density at radius 2 is 1.84 bits per heavy atom. The zero-order valence-electron chi connectivity index (χ0n) is 10.4. The van der Waals surface area contributed by atoms with Gasteiger partial charge in [0.2, 0.25) is 5.95 Å². The molecule has 0 unspecified atom stereocenters. The Morgan fingerprint density at radius 1 is 1.05 bits per heavy atom. The zero-order valence-corrected chi connectivity index (χ0v) is 11.2. The van der Waals surface area contributed by atoms with Crippen LogP contribution >= 0.6 is 11.3 Å². The van der Waals surface area contributed by atoms with Gasteiger partial charge in [0.1, 0.15) is 5.01 Å². The van der Waals surface area contributed by atoms with E-state index >= 15 is 0 Å². The van der Waals surface area contributed by atoms with E-state index in [-0.39, 0.29) is 5.95 Å². The smallest absolute Gasteiger partial charge is 0.220 e. The van der Waals surface area contributed by atoms with Crippen molar-refractivity contribution in [3.63, 3.8) is 0 Å². The van der Waals surface area contributed by atoms with E-state index in [1.54, 1.807) is 17.5 Å². The molecule has 0 amide bonds. The van der Waals surface area contributed by atoms with Gasteiger partial charge in [-0.3, -0.25) is 0 Å². The summed E-state index contributed by atoms with van der Waals surface area (Å²) in [4.78, 5) is 13.8. The van der Waals surface area contributed by atoms with Gasteiger partial charge in [-0.25, -0.2) is 15.0 Å². The maximum absolute atomic E-state index is 5.63. The Hall–Kier alpha value is -2.27. The quantitative estimate of drug-likeness (QED) is 0.775. The number of benzene rings is 1. The van der Waals surface area contributed by atoms with Crippen LogP contribution in [0.15, 0.2) is 42.6 Å². The second kappa shape index (κ2) is 4.78. The SMILES string of the molecule is Cc1nc(-c2ccccc2)sc1-c1ccnc(N)n1. The van der Waals surface area contributed by atoms with Gasteiger partial charge in [-0.15, -0.1) is 11.3 Å². The highest BCUT2D eigenvalue weighted by molar-refractivity contribution is 7.18. The molecule has 0 saturated heterocycles. The van der Waals surface area contributed by atoms with Gasteiger partial charge in [0.05, 0.1) is 16.3 Å². The minimum Gasteiger partial charge on any atom is -0.368 e. The molecule has 0 aliphatic carbocycles. The maximum Gasteiger partial charge on any atom is 0.220 e. The molecule has 0 fully saturated rings. The molecule has 3 rings (SSSR count). The second-order valence-corrected chi connectivity index (χ2v) is 5.10. The predicted molar refractivity (Wildman–Crippen MR) is 77.7 cm³/mol. The van der Waals surface area contributed by atoms with Gasteiger partial charge in [-0.05, 0) is 13.0 Å². The van der Waals surface area contributed by atoms with E-state index in [0.717, 1.165) is 26.8 Å². The average molecular weight is 268 g/mol. The molecule has 5 heteroatoms. The molecular formula is C14H12N4S. The third-order valence-electron chi connectivity index (χ3n) is 2.72. The molecule has 0 aliphatic rings. The zero-order chi connectivity index (χ0) is 13.2. The molecule has 0 radical (unpaired) electrons. The molecule has 3 aromatic rings.